The van der Waals surface area contributed by atoms with Crippen molar-refractivity contribution in [1.29, 1.82) is 0 Å². The van der Waals surface area contributed by atoms with Gasteiger partial charge in [-0.05, 0) is 34.7 Å². The maximum absolute atomic E-state index is 9.42. The van der Waals surface area contributed by atoms with Crippen molar-refractivity contribution in [2.24, 2.45) is 0 Å². The summed E-state index contributed by atoms with van der Waals surface area (Å²) in [5.74, 6) is 0. The van der Waals surface area contributed by atoms with Crippen LogP contribution in [0.25, 0.3) is 0 Å². The minimum absolute atomic E-state index is 0.587. The van der Waals surface area contributed by atoms with Crippen molar-refractivity contribution < 1.29 is 5.11 Å². The maximum Gasteiger partial charge on any atom is 0.0715 e. The highest BCUT2D eigenvalue weighted by Crippen LogP contribution is 1.97. The summed E-state index contributed by atoms with van der Waals surface area (Å²) in [5.41, 5.74) is -0.601. The average molecular weight is 188 g/mol. The molecule has 13 heavy (non-hydrogen) atoms. The van der Waals surface area contributed by atoms with Crippen LogP contribution in [0.15, 0.2) is 0 Å². The second kappa shape index (κ2) is 5.58. The minimum Gasteiger partial charge on any atom is -0.389 e. The largest absolute Gasteiger partial charge is 0.389 e. The van der Waals surface area contributed by atoms with Gasteiger partial charge in [0, 0.05) is 25.7 Å². The van der Waals surface area contributed by atoms with Crippen LogP contribution in [0.1, 0.15) is 27.7 Å². The Labute approximate surface area is 82.1 Å². The molecule has 0 fully saturated rings. The maximum atomic E-state index is 9.42. The summed E-state index contributed by atoms with van der Waals surface area (Å²) < 4.78 is 0. The van der Waals surface area contributed by atoms with E-state index < -0.39 is 5.60 Å². The third kappa shape index (κ3) is 8.22. The molecule has 0 rings (SSSR count). The highest BCUT2D eigenvalue weighted by Gasteiger charge is 2.11. The Morgan fingerprint density at radius 2 is 1.92 bits per heavy atom. The van der Waals surface area contributed by atoms with Crippen LogP contribution in [0.4, 0.5) is 0 Å². The van der Waals surface area contributed by atoms with Crippen LogP contribution >= 0.6 is 0 Å². The summed E-state index contributed by atoms with van der Waals surface area (Å²) in [6, 6.07) is 0.587. The molecule has 0 aromatic heterocycles. The molecule has 0 spiro atoms. The van der Waals surface area contributed by atoms with Gasteiger partial charge < -0.3 is 15.3 Å². The summed E-state index contributed by atoms with van der Waals surface area (Å²) >= 11 is 0. The fourth-order valence-electron chi connectivity index (χ4n) is 0.908. The number of hydrogen-bond donors (Lipinski definition) is 2. The fourth-order valence-corrected chi connectivity index (χ4v) is 0.908. The van der Waals surface area contributed by atoms with Crippen molar-refractivity contribution in [3.8, 4) is 0 Å². The van der Waals surface area contributed by atoms with Gasteiger partial charge in [-0.3, -0.25) is 0 Å². The van der Waals surface area contributed by atoms with E-state index in [4.69, 9.17) is 0 Å². The van der Waals surface area contributed by atoms with E-state index in [9.17, 15) is 5.11 Å². The smallest absolute Gasteiger partial charge is 0.0715 e. The molecular weight excluding hydrogens is 164 g/mol. The molecule has 0 saturated heterocycles. The van der Waals surface area contributed by atoms with Crippen LogP contribution in [0.3, 0.4) is 0 Å². The molecule has 0 heterocycles. The van der Waals surface area contributed by atoms with Gasteiger partial charge >= 0.3 is 0 Å². The summed E-state index contributed by atoms with van der Waals surface area (Å²) in [4.78, 5) is 2.28. The highest BCUT2D eigenvalue weighted by molar-refractivity contribution is 4.69. The molecule has 0 aliphatic heterocycles. The molecule has 0 aromatic carbocycles. The third-order valence-corrected chi connectivity index (χ3v) is 2.08. The molecule has 0 saturated carbocycles. The molecule has 0 aromatic rings. The summed E-state index contributed by atoms with van der Waals surface area (Å²) in [7, 11) is 2.11. The topological polar surface area (TPSA) is 35.5 Å². The second-order valence-corrected chi connectivity index (χ2v) is 4.56. The number of rotatable bonds is 6. The van der Waals surface area contributed by atoms with Gasteiger partial charge in [0.15, 0.2) is 0 Å². The lowest BCUT2D eigenvalue weighted by Gasteiger charge is -2.23. The van der Waals surface area contributed by atoms with Crippen molar-refractivity contribution in [2.75, 3.05) is 26.7 Å². The van der Waals surface area contributed by atoms with Crippen LogP contribution in [-0.2, 0) is 0 Å². The Hall–Kier alpha value is -0.120. The van der Waals surface area contributed by atoms with Gasteiger partial charge in [0.1, 0.15) is 0 Å². The Morgan fingerprint density at radius 3 is 2.31 bits per heavy atom. The van der Waals surface area contributed by atoms with E-state index in [0.29, 0.717) is 12.6 Å². The van der Waals surface area contributed by atoms with Gasteiger partial charge in [0.25, 0.3) is 0 Å². The monoisotopic (exact) mass is 188 g/mol. The minimum atomic E-state index is -0.601. The summed E-state index contributed by atoms with van der Waals surface area (Å²) in [6.45, 7) is 10.6. The fraction of sp³-hybridized carbons (Fsp3) is 1.00. The molecule has 2 N–H and O–H groups in total. The van der Waals surface area contributed by atoms with Crippen molar-refractivity contribution in [3.05, 3.63) is 0 Å². The molecule has 0 bridgehead atoms. The van der Waals surface area contributed by atoms with Gasteiger partial charge in [-0.2, -0.15) is 0 Å². The first-order chi connectivity index (χ1) is 5.83. The Balaban J connectivity index is 3.36. The molecule has 0 radical (unpaired) electrons. The first kappa shape index (κ1) is 12.9. The van der Waals surface area contributed by atoms with Crippen LogP contribution in [0, 0.1) is 0 Å². The molecule has 3 nitrogen and oxygen atoms in total. The number of likely N-dealkylation sites (N-methyl/N-ethyl adjacent to an activating group) is 1. The van der Waals surface area contributed by atoms with Gasteiger partial charge in [0.05, 0.1) is 5.60 Å². The molecule has 0 unspecified atom stereocenters. The van der Waals surface area contributed by atoms with E-state index in [2.05, 4.69) is 31.1 Å². The molecule has 0 amide bonds. The van der Waals surface area contributed by atoms with Crippen molar-refractivity contribution >= 4 is 0 Å². The quantitative estimate of drug-likeness (QED) is 0.602. The van der Waals surface area contributed by atoms with Gasteiger partial charge in [0.2, 0.25) is 0 Å². The summed E-state index contributed by atoms with van der Waals surface area (Å²) in [5, 5.41) is 12.6. The van der Waals surface area contributed by atoms with Crippen molar-refractivity contribution in [1.82, 2.24) is 10.2 Å². The third-order valence-electron chi connectivity index (χ3n) is 2.08. The van der Waals surface area contributed by atoms with E-state index in [1.807, 2.05) is 13.8 Å². The Morgan fingerprint density at radius 1 is 1.38 bits per heavy atom. The van der Waals surface area contributed by atoms with Crippen LogP contribution in [0.5, 0.6) is 0 Å². The van der Waals surface area contributed by atoms with E-state index in [-0.39, 0.29) is 0 Å². The normalized spacial score (nSPS) is 12.9. The average Bonchev–Trinajstić information content (AvgIpc) is 1.95. The molecule has 3 heteroatoms. The molecular formula is C10H24N2O. The predicted molar refractivity (Wildman–Crippen MR) is 56.9 cm³/mol. The number of nitrogens with one attached hydrogen (secondary N) is 1. The molecule has 80 valence electrons. The zero-order chi connectivity index (χ0) is 10.5. The number of aliphatic hydroxyl groups is 1. The SMILES string of the molecule is CC(C)N(C)CCNCC(C)(C)O. The molecule has 0 aliphatic rings. The predicted octanol–water partition coefficient (Wildman–Crippen LogP) is 0.687. The zero-order valence-electron chi connectivity index (χ0n) is 9.59. The molecule has 0 aliphatic carbocycles. The molecule has 0 atom stereocenters. The first-order valence-electron chi connectivity index (χ1n) is 4.96. The standard InChI is InChI=1S/C10H24N2O/c1-9(2)12(5)7-6-11-8-10(3,4)13/h9,11,13H,6-8H2,1-5H3. The Bertz CT molecular complexity index is 129. The highest BCUT2D eigenvalue weighted by atomic mass is 16.3. The van der Waals surface area contributed by atoms with E-state index in [0.717, 1.165) is 13.1 Å². The lowest BCUT2D eigenvalue weighted by atomic mass is 10.1. The van der Waals surface area contributed by atoms with E-state index in [1.54, 1.807) is 0 Å². The first-order valence-corrected chi connectivity index (χ1v) is 4.96. The van der Waals surface area contributed by atoms with Crippen LogP contribution < -0.4 is 5.32 Å². The Kier molecular flexibility index (Phi) is 5.53. The van der Waals surface area contributed by atoms with E-state index in [1.165, 1.54) is 0 Å². The van der Waals surface area contributed by atoms with Crippen LogP contribution in [-0.4, -0.2) is 48.3 Å². The zero-order valence-corrected chi connectivity index (χ0v) is 9.59. The number of hydrogen-bond acceptors (Lipinski definition) is 3. The van der Waals surface area contributed by atoms with Crippen molar-refractivity contribution in [2.45, 2.75) is 39.3 Å². The van der Waals surface area contributed by atoms with Crippen LogP contribution in [0.2, 0.25) is 0 Å². The van der Waals surface area contributed by atoms with Gasteiger partial charge in [-0.1, -0.05) is 0 Å². The lowest BCUT2D eigenvalue weighted by Crippen LogP contribution is -2.39. The van der Waals surface area contributed by atoms with Gasteiger partial charge in [-0.25, -0.2) is 0 Å². The lowest BCUT2D eigenvalue weighted by molar-refractivity contribution is 0.0790. The second-order valence-electron chi connectivity index (χ2n) is 4.56. The van der Waals surface area contributed by atoms with E-state index >= 15 is 0 Å². The van der Waals surface area contributed by atoms with Crippen molar-refractivity contribution in [3.63, 3.8) is 0 Å². The number of nitrogens with zero attached hydrogens (tertiary/aromatic N) is 1. The van der Waals surface area contributed by atoms with Gasteiger partial charge in [-0.15, -0.1) is 0 Å². The summed E-state index contributed by atoms with van der Waals surface area (Å²) in [6.07, 6.45) is 0.